The summed E-state index contributed by atoms with van der Waals surface area (Å²) in [5, 5.41) is 15.2. The number of hydrogen-bond donors (Lipinski definition) is 1. The number of nitrogens with one attached hydrogen (secondary N) is 1. The number of ether oxygens (including phenoxy) is 1. The molecule has 1 aliphatic rings. The lowest BCUT2D eigenvalue weighted by Crippen LogP contribution is -2.34. The number of anilines is 1. The van der Waals surface area contributed by atoms with Crippen molar-refractivity contribution in [1.82, 2.24) is 5.43 Å². The molecule has 1 aliphatic carbocycles. The van der Waals surface area contributed by atoms with E-state index in [1.165, 1.54) is 37.6 Å². The molecular weight excluding hydrogens is 396 g/mol. The van der Waals surface area contributed by atoms with Crippen molar-refractivity contribution in [1.29, 1.82) is 0 Å². The van der Waals surface area contributed by atoms with Gasteiger partial charge in [0.25, 0.3) is 11.6 Å². The molecule has 31 heavy (non-hydrogen) atoms. The summed E-state index contributed by atoms with van der Waals surface area (Å²) in [5.74, 6) is 0.184. The number of non-ortho nitro benzene ring substituents is 1. The molecule has 0 heterocycles. The first-order chi connectivity index (χ1) is 14.9. The molecule has 1 N–H and O–H groups in total. The first kappa shape index (κ1) is 22.3. The molecule has 0 aliphatic heterocycles. The van der Waals surface area contributed by atoms with Crippen molar-refractivity contribution < 1.29 is 14.5 Å². The van der Waals surface area contributed by atoms with Gasteiger partial charge in [0.05, 0.1) is 11.1 Å². The number of nitrogens with zero attached hydrogens (tertiary/aromatic N) is 3. The molecule has 0 aromatic heterocycles. The van der Waals surface area contributed by atoms with Gasteiger partial charge in [0.2, 0.25) is 0 Å². The maximum atomic E-state index is 12.0. The normalized spacial score (nSPS) is 14.4. The van der Waals surface area contributed by atoms with Crippen molar-refractivity contribution in [3.8, 4) is 5.75 Å². The Morgan fingerprint density at radius 1 is 1.23 bits per heavy atom. The zero-order chi connectivity index (χ0) is 22.2. The van der Waals surface area contributed by atoms with E-state index in [4.69, 9.17) is 4.74 Å². The highest BCUT2D eigenvalue weighted by molar-refractivity contribution is 5.90. The molecule has 0 radical (unpaired) electrons. The second kappa shape index (κ2) is 10.6. The third kappa shape index (κ3) is 6.28. The first-order valence-corrected chi connectivity index (χ1v) is 10.5. The number of benzene rings is 2. The van der Waals surface area contributed by atoms with Gasteiger partial charge in [-0.3, -0.25) is 14.9 Å². The highest BCUT2D eigenvalue weighted by Crippen LogP contribution is 2.30. The van der Waals surface area contributed by atoms with E-state index in [0.29, 0.717) is 17.4 Å². The molecule has 3 rings (SSSR count). The number of amides is 1. The van der Waals surface area contributed by atoms with Crippen LogP contribution in [0.3, 0.4) is 0 Å². The first-order valence-electron chi connectivity index (χ1n) is 10.5. The van der Waals surface area contributed by atoms with Gasteiger partial charge >= 0.3 is 0 Å². The standard InChI is InChI=1S/C23H28N4O4/c1-17-8-11-21(12-9-17)31-16-23(28)25-24-15-18-14-20(27(29)30)10-13-22(18)26(2)19-6-4-3-5-7-19/h8-15,19H,3-7,16H2,1-2H3,(H,25,28). The predicted molar refractivity (Wildman–Crippen MR) is 121 cm³/mol. The summed E-state index contributed by atoms with van der Waals surface area (Å²) < 4.78 is 5.43. The molecule has 1 saturated carbocycles. The van der Waals surface area contributed by atoms with Gasteiger partial charge < -0.3 is 9.64 Å². The third-order valence-corrected chi connectivity index (χ3v) is 5.51. The van der Waals surface area contributed by atoms with Crippen LogP contribution in [0.4, 0.5) is 11.4 Å². The van der Waals surface area contributed by atoms with E-state index in [2.05, 4.69) is 15.4 Å². The predicted octanol–water partition coefficient (Wildman–Crippen LogP) is 4.20. The summed E-state index contributed by atoms with van der Waals surface area (Å²) in [6.45, 7) is 1.79. The number of aryl methyl sites for hydroxylation is 1. The number of hydrazone groups is 1. The molecule has 8 heteroatoms. The van der Waals surface area contributed by atoms with E-state index in [1.54, 1.807) is 18.2 Å². The van der Waals surface area contributed by atoms with E-state index in [-0.39, 0.29) is 12.3 Å². The van der Waals surface area contributed by atoms with Crippen LogP contribution in [0.15, 0.2) is 47.6 Å². The molecule has 1 amide bonds. The lowest BCUT2D eigenvalue weighted by molar-refractivity contribution is -0.384. The quantitative estimate of drug-likeness (QED) is 0.389. The van der Waals surface area contributed by atoms with Crippen molar-refractivity contribution >= 4 is 23.5 Å². The molecule has 2 aromatic carbocycles. The fraction of sp³-hybridized carbons (Fsp3) is 0.391. The minimum Gasteiger partial charge on any atom is -0.484 e. The van der Waals surface area contributed by atoms with Crippen LogP contribution in [0, 0.1) is 17.0 Å². The summed E-state index contributed by atoms with van der Waals surface area (Å²) in [6, 6.07) is 12.5. The van der Waals surface area contributed by atoms with Crippen LogP contribution in [0.5, 0.6) is 5.75 Å². The lowest BCUT2D eigenvalue weighted by atomic mass is 9.94. The van der Waals surface area contributed by atoms with Crippen molar-refractivity contribution in [3.05, 3.63) is 63.7 Å². The van der Waals surface area contributed by atoms with Gasteiger partial charge in [-0.25, -0.2) is 5.43 Å². The summed E-state index contributed by atoms with van der Waals surface area (Å²) >= 11 is 0. The van der Waals surface area contributed by atoms with Crippen LogP contribution in [-0.4, -0.2) is 36.7 Å². The fourth-order valence-electron chi connectivity index (χ4n) is 3.73. The second-order valence-electron chi connectivity index (χ2n) is 7.80. The third-order valence-electron chi connectivity index (χ3n) is 5.51. The Kier molecular flexibility index (Phi) is 7.59. The van der Waals surface area contributed by atoms with Gasteiger partial charge in [-0.1, -0.05) is 37.0 Å². The van der Waals surface area contributed by atoms with E-state index in [9.17, 15) is 14.9 Å². The van der Waals surface area contributed by atoms with Crippen LogP contribution in [0.1, 0.15) is 43.2 Å². The largest absolute Gasteiger partial charge is 0.484 e. The summed E-state index contributed by atoms with van der Waals surface area (Å²) in [5.41, 5.74) is 4.95. The lowest BCUT2D eigenvalue weighted by Gasteiger charge is -2.33. The molecular formula is C23H28N4O4. The van der Waals surface area contributed by atoms with Gasteiger partial charge in [0, 0.05) is 36.5 Å². The van der Waals surface area contributed by atoms with Crippen LogP contribution in [0.25, 0.3) is 0 Å². The molecule has 2 aromatic rings. The molecule has 0 bridgehead atoms. The Bertz CT molecular complexity index is 937. The van der Waals surface area contributed by atoms with Gasteiger partial charge in [0.15, 0.2) is 6.61 Å². The Labute approximate surface area is 182 Å². The molecule has 164 valence electrons. The minimum atomic E-state index is -0.435. The number of hydrogen-bond acceptors (Lipinski definition) is 6. The van der Waals surface area contributed by atoms with Gasteiger partial charge in [-0.05, 0) is 38.0 Å². The zero-order valence-electron chi connectivity index (χ0n) is 17.9. The maximum absolute atomic E-state index is 12.0. The van der Waals surface area contributed by atoms with Crippen molar-refractivity contribution in [2.45, 2.75) is 45.1 Å². The summed E-state index contributed by atoms with van der Waals surface area (Å²) in [4.78, 5) is 25.0. The average Bonchev–Trinajstić information content (AvgIpc) is 2.78. The van der Waals surface area contributed by atoms with Crippen LogP contribution in [-0.2, 0) is 4.79 Å². The average molecular weight is 425 g/mol. The molecule has 1 fully saturated rings. The van der Waals surface area contributed by atoms with Crippen molar-refractivity contribution in [3.63, 3.8) is 0 Å². The number of carbonyl (C=O) groups is 1. The SMILES string of the molecule is Cc1ccc(OCC(=O)NN=Cc2cc([N+](=O)[O-])ccc2N(C)C2CCCCC2)cc1. The van der Waals surface area contributed by atoms with Crippen LogP contribution >= 0.6 is 0 Å². The highest BCUT2D eigenvalue weighted by atomic mass is 16.6. The molecule has 0 saturated heterocycles. The van der Waals surface area contributed by atoms with E-state index in [1.807, 2.05) is 26.1 Å². The van der Waals surface area contributed by atoms with Crippen LogP contribution in [0.2, 0.25) is 0 Å². The Hall–Kier alpha value is -3.42. The van der Waals surface area contributed by atoms with Crippen molar-refractivity contribution in [2.75, 3.05) is 18.6 Å². The topological polar surface area (TPSA) is 97.1 Å². The summed E-state index contributed by atoms with van der Waals surface area (Å²) in [6.07, 6.45) is 7.25. The van der Waals surface area contributed by atoms with E-state index >= 15 is 0 Å². The Morgan fingerprint density at radius 2 is 1.94 bits per heavy atom. The highest BCUT2D eigenvalue weighted by Gasteiger charge is 2.21. The Balaban J connectivity index is 1.66. The second-order valence-corrected chi connectivity index (χ2v) is 7.80. The Morgan fingerprint density at radius 3 is 2.61 bits per heavy atom. The minimum absolute atomic E-state index is 0.0173. The number of rotatable bonds is 8. The number of nitro benzene ring substituents is 1. The molecule has 0 atom stereocenters. The number of carbonyl (C=O) groups excluding carboxylic acids is 1. The smallest absolute Gasteiger partial charge is 0.277 e. The monoisotopic (exact) mass is 424 g/mol. The maximum Gasteiger partial charge on any atom is 0.277 e. The zero-order valence-corrected chi connectivity index (χ0v) is 17.9. The van der Waals surface area contributed by atoms with E-state index in [0.717, 1.165) is 24.1 Å². The van der Waals surface area contributed by atoms with E-state index < -0.39 is 10.8 Å². The molecule has 0 unspecified atom stereocenters. The fourth-order valence-corrected chi connectivity index (χ4v) is 3.73. The van der Waals surface area contributed by atoms with Gasteiger partial charge in [-0.2, -0.15) is 5.10 Å². The van der Waals surface area contributed by atoms with Gasteiger partial charge in [-0.15, -0.1) is 0 Å². The number of nitro groups is 1. The van der Waals surface area contributed by atoms with Crippen molar-refractivity contribution in [2.24, 2.45) is 5.10 Å². The van der Waals surface area contributed by atoms with Gasteiger partial charge in [0.1, 0.15) is 5.75 Å². The molecule has 0 spiro atoms. The summed E-state index contributed by atoms with van der Waals surface area (Å²) in [7, 11) is 2.00. The van der Waals surface area contributed by atoms with Crippen LogP contribution < -0.4 is 15.1 Å². The molecule has 8 nitrogen and oxygen atoms in total.